The van der Waals surface area contributed by atoms with Crippen LogP contribution in [0.5, 0.6) is 0 Å². The van der Waals surface area contributed by atoms with E-state index in [9.17, 15) is 17.7 Å². The Morgan fingerprint density at radius 2 is 1.95 bits per heavy atom. The van der Waals surface area contributed by atoms with Gasteiger partial charge in [-0.3, -0.25) is 4.21 Å². The molecular weight excluding hydrogens is 366 g/mol. The normalized spacial score (nSPS) is 18.4. The smallest absolute Gasteiger partial charge is 0.243 e. The lowest BCUT2D eigenvalue weighted by atomic mass is 10.2. The molecule has 1 aliphatic heterocycles. The maximum Gasteiger partial charge on any atom is 0.243 e. The number of benzene rings is 1. The molecule has 1 fully saturated rings. The number of halogens is 1. The summed E-state index contributed by atoms with van der Waals surface area (Å²) in [5, 5.41) is 9.22. The third-order valence-corrected chi connectivity index (χ3v) is 7.42. The molecule has 1 saturated heterocycles. The van der Waals surface area contributed by atoms with E-state index in [0.29, 0.717) is 27.1 Å². The van der Waals surface area contributed by atoms with E-state index in [0.717, 1.165) is 0 Å². The van der Waals surface area contributed by atoms with E-state index in [1.165, 1.54) is 10.4 Å². The summed E-state index contributed by atoms with van der Waals surface area (Å²) in [6.07, 6.45) is 0. The van der Waals surface area contributed by atoms with Crippen LogP contribution in [0.2, 0.25) is 0 Å². The number of rotatable bonds is 3. The quantitative estimate of drug-likeness (QED) is 0.847. The van der Waals surface area contributed by atoms with Crippen LogP contribution in [0.1, 0.15) is 11.1 Å². The van der Waals surface area contributed by atoms with Crippen LogP contribution in [0.25, 0.3) is 0 Å². The van der Waals surface area contributed by atoms with Gasteiger partial charge in [0.25, 0.3) is 0 Å². The van der Waals surface area contributed by atoms with Crippen LogP contribution < -0.4 is 0 Å². The Hall–Kier alpha value is -0.280. The first kappa shape index (κ1) is 16.1. The van der Waals surface area contributed by atoms with Crippen molar-refractivity contribution in [3.8, 4) is 0 Å². The number of hydrogen-bond donors (Lipinski definition) is 1. The largest absolute Gasteiger partial charge is 0.392 e. The maximum atomic E-state index is 12.7. The Balaban J connectivity index is 2.44. The van der Waals surface area contributed by atoms with Crippen molar-refractivity contribution < 1.29 is 17.7 Å². The summed E-state index contributed by atoms with van der Waals surface area (Å²) in [5.41, 5.74) is 1.16. The number of aliphatic hydroxyl groups is 1. The van der Waals surface area contributed by atoms with E-state index in [4.69, 9.17) is 0 Å². The molecular formula is C12H16BrNO4S2. The summed E-state index contributed by atoms with van der Waals surface area (Å²) in [6.45, 7) is 2.05. The fourth-order valence-electron chi connectivity index (χ4n) is 2.07. The molecule has 0 aromatic heterocycles. The molecule has 0 bridgehead atoms. The minimum atomic E-state index is -3.61. The van der Waals surface area contributed by atoms with E-state index in [2.05, 4.69) is 15.9 Å². The molecule has 0 unspecified atom stereocenters. The Morgan fingerprint density at radius 1 is 1.35 bits per heavy atom. The number of hydrogen-bond acceptors (Lipinski definition) is 4. The molecule has 0 saturated carbocycles. The van der Waals surface area contributed by atoms with Gasteiger partial charge in [0, 0.05) is 39.9 Å². The topological polar surface area (TPSA) is 74.7 Å². The van der Waals surface area contributed by atoms with Gasteiger partial charge in [-0.25, -0.2) is 8.42 Å². The third-order valence-electron chi connectivity index (χ3n) is 3.29. The van der Waals surface area contributed by atoms with Crippen molar-refractivity contribution in [2.75, 3.05) is 24.6 Å². The van der Waals surface area contributed by atoms with E-state index < -0.39 is 20.8 Å². The van der Waals surface area contributed by atoms with Crippen molar-refractivity contribution >= 4 is 36.8 Å². The first-order chi connectivity index (χ1) is 9.36. The van der Waals surface area contributed by atoms with Gasteiger partial charge in [0.1, 0.15) is 0 Å². The number of sulfonamides is 1. The standard InChI is InChI=1S/C12H16BrNO4S2/c1-9-11(13)6-10(8-15)7-12(9)20(17,18)14-2-4-19(16)5-3-14/h6-7,15H,2-5,8H2,1H3. The monoisotopic (exact) mass is 381 g/mol. The molecule has 0 spiro atoms. The highest BCUT2D eigenvalue weighted by atomic mass is 79.9. The highest BCUT2D eigenvalue weighted by molar-refractivity contribution is 9.10. The summed E-state index contributed by atoms with van der Waals surface area (Å²) in [5.74, 6) is 0.748. The van der Waals surface area contributed by atoms with Gasteiger partial charge in [0.05, 0.1) is 11.5 Å². The van der Waals surface area contributed by atoms with Gasteiger partial charge in [-0.15, -0.1) is 0 Å². The Kier molecular flexibility index (Phi) is 5.01. The van der Waals surface area contributed by atoms with Crippen LogP contribution in [0.4, 0.5) is 0 Å². The molecule has 1 heterocycles. The molecule has 1 aromatic carbocycles. The summed E-state index contributed by atoms with van der Waals surface area (Å²) in [4.78, 5) is 0.198. The first-order valence-electron chi connectivity index (χ1n) is 6.11. The molecule has 20 heavy (non-hydrogen) atoms. The average Bonchev–Trinajstić information content (AvgIpc) is 2.42. The van der Waals surface area contributed by atoms with E-state index in [1.54, 1.807) is 13.0 Å². The van der Waals surface area contributed by atoms with Gasteiger partial charge in [0.2, 0.25) is 10.0 Å². The molecule has 0 aliphatic carbocycles. The van der Waals surface area contributed by atoms with Gasteiger partial charge >= 0.3 is 0 Å². The molecule has 112 valence electrons. The summed E-state index contributed by atoms with van der Waals surface area (Å²) in [6, 6.07) is 3.21. The predicted molar refractivity (Wildman–Crippen MR) is 81.4 cm³/mol. The molecule has 0 atom stereocenters. The minimum Gasteiger partial charge on any atom is -0.392 e. The van der Waals surface area contributed by atoms with Gasteiger partial charge in [0.15, 0.2) is 0 Å². The van der Waals surface area contributed by atoms with E-state index in [1.807, 2.05) is 0 Å². The van der Waals surface area contributed by atoms with Gasteiger partial charge < -0.3 is 5.11 Å². The summed E-state index contributed by atoms with van der Waals surface area (Å²) >= 11 is 3.32. The van der Waals surface area contributed by atoms with Crippen LogP contribution >= 0.6 is 15.9 Å². The van der Waals surface area contributed by atoms with Crippen molar-refractivity contribution in [2.24, 2.45) is 0 Å². The van der Waals surface area contributed by atoms with Crippen LogP contribution in [0.3, 0.4) is 0 Å². The zero-order valence-electron chi connectivity index (χ0n) is 11.0. The van der Waals surface area contributed by atoms with Crippen molar-refractivity contribution in [3.05, 3.63) is 27.7 Å². The van der Waals surface area contributed by atoms with Crippen LogP contribution in [-0.2, 0) is 27.4 Å². The van der Waals surface area contributed by atoms with Crippen LogP contribution in [-0.4, -0.2) is 46.6 Å². The van der Waals surface area contributed by atoms with E-state index in [-0.39, 0.29) is 24.6 Å². The average molecular weight is 382 g/mol. The molecule has 2 rings (SSSR count). The SMILES string of the molecule is Cc1c(Br)cc(CO)cc1S(=O)(=O)N1CCS(=O)CC1. The molecule has 1 aliphatic rings. The van der Waals surface area contributed by atoms with Crippen molar-refractivity contribution in [3.63, 3.8) is 0 Å². The molecule has 8 heteroatoms. The van der Waals surface area contributed by atoms with Crippen molar-refractivity contribution in [1.82, 2.24) is 4.31 Å². The minimum absolute atomic E-state index is 0.198. The second-order valence-electron chi connectivity index (χ2n) is 4.61. The zero-order valence-corrected chi connectivity index (χ0v) is 14.2. The fourth-order valence-corrected chi connectivity index (χ4v) is 5.73. The molecule has 1 aromatic rings. The zero-order chi connectivity index (χ0) is 14.9. The fraction of sp³-hybridized carbons (Fsp3) is 0.500. The van der Waals surface area contributed by atoms with Gasteiger partial charge in [-0.05, 0) is 30.2 Å². The lowest BCUT2D eigenvalue weighted by molar-refractivity contribution is 0.281. The highest BCUT2D eigenvalue weighted by Gasteiger charge is 2.30. The Morgan fingerprint density at radius 3 is 2.50 bits per heavy atom. The maximum absolute atomic E-state index is 12.7. The molecule has 5 nitrogen and oxygen atoms in total. The number of aliphatic hydroxyl groups excluding tert-OH is 1. The lowest BCUT2D eigenvalue weighted by Crippen LogP contribution is -2.41. The molecule has 1 N–H and O–H groups in total. The molecule has 0 amide bonds. The van der Waals surface area contributed by atoms with Gasteiger partial charge in [-0.1, -0.05) is 15.9 Å². The Bertz CT molecular complexity index is 635. The van der Waals surface area contributed by atoms with Crippen molar-refractivity contribution in [1.29, 1.82) is 0 Å². The third kappa shape index (κ3) is 3.14. The lowest BCUT2D eigenvalue weighted by Gasteiger charge is -2.26. The van der Waals surface area contributed by atoms with Crippen molar-refractivity contribution in [2.45, 2.75) is 18.4 Å². The van der Waals surface area contributed by atoms with Crippen LogP contribution in [0, 0.1) is 6.92 Å². The summed E-state index contributed by atoms with van der Waals surface area (Å²) < 4.78 is 38.7. The first-order valence-corrected chi connectivity index (χ1v) is 9.83. The van der Waals surface area contributed by atoms with E-state index >= 15 is 0 Å². The predicted octanol–water partition coefficient (Wildman–Crippen LogP) is 1.00. The van der Waals surface area contributed by atoms with Gasteiger partial charge in [-0.2, -0.15) is 4.31 Å². The Labute approximate surface area is 129 Å². The summed E-state index contributed by atoms with van der Waals surface area (Å²) in [7, 11) is -4.54. The van der Waals surface area contributed by atoms with Crippen LogP contribution in [0.15, 0.2) is 21.5 Å². The second-order valence-corrected chi connectivity index (χ2v) is 9.07. The molecule has 0 radical (unpaired) electrons. The highest BCUT2D eigenvalue weighted by Crippen LogP contribution is 2.28. The number of nitrogens with zero attached hydrogens (tertiary/aromatic N) is 1. The second kappa shape index (κ2) is 6.23.